The molecule has 6 nitrogen and oxygen atoms in total. The molecule has 0 aliphatic heterocycles. The predicted molar refractivity (Wildman–Crippen MR) is 242 cm³/mol. The van der Waals surface area contributed by atoms with Crippen LogP contribution in [0.4, 0.5) is 0 Å². The summed E-state index contributed by atoms with van der Waals surface area (Å²) in [6, 6.07) is 0. The molecule has 324 valence electrons. The molecule has 0 saturated carbocycles. The Morgan fingerprint density at radius 3 is 1.09 bits per heavy atom. The first-order valence-corrected chi connectivity index (χ1v) is 23.2. The highest BCUT2D eigenvalue weighted by Crippen LogP contribution is 2.14. The van der Waals surface area contributed by atoms with Gasteiger partial charge in [-0.05, 0) is 57.8 Å². The lowest BCUT2D eigenvalue weighted by atomic mass is 10.1. The van der Waals surface area contributed by atoms with Crippen molar-refractivity contribution in [3.05, 3.63) is 85.1 Å². The molecule has 0 amide bonds. The summed E-state index contributed by atoms with van der Waals surface area (Å²) in [6.45, 7) is 6.30. The standard InChI is InChI=1S/C51H84O6/c1-4-7-10-13-16-19-22-24-25-27-29-32-35-38-41-44-50(53)56-47-48(46-55-49(52)43-40-37-34-31-28-21-18-15-12-9-6-3)57-51(54)45-42-39-36-33-30-26-23-20-17-14-11-8-5-2/h7-8,10-11,13-14,16-17,19-20,22-23,26,30,48H,4-6,9,12,15,18,21,24-25,27-29,31-47H2,1-3H3/b10-7-,11-8-,16-13-,17-14-,22-19-,23-20-,30-26-. The van der Waals surface area contributed by atoms with Crippen molar-refractivity contribution in [2.24, 2.45) is 0 Å². The molecular formula is C51H84O6. The van der Waals surface area contributed by atoms with Crippen LogP contribution in [0.5, 0.6) is 0 Å². The zero-order valence-corrected chi connectivity index (χ0v) is 36.8. The van der Waals surface area contributed by atoms with Crippen LogP contribution in [0.1, 0.15) is 201 Å². The number of carbonyl (C=O) groups excluding carboxylic acids is 3. The van der Waals surface area contributed by atoms with Crippen LogP contribution in [0.2, 0.25) is 0 Å². The lowest BCUT2D eigenvalue weighted by Gasteiger charge is -2.18. The average Bonchev–Trinajstić information content (AvgIpc) is 3.21. The van der Waals surface area contributed by atoms with Crippen LogP contribution in [0.3, 0.4) is 0 Å². The van der Waals surface area contributed by atoms with E-state index in [9.17, 15) is 14.4 Å². The monoisotopic (exact) mass is 793 g/mol. The van der Waals surface area contributed by atoms with Gasteiger partial charge >= 0.3 is 17.9 Å². The number of unbranched alkanes of at least 4 members (excludes halogenated alkanes) is 20. The molecule has 0 aliphatic rings. The Hall–Kier alpha value is -3.41. The van der Waals surface area contributed by atoms with Gasteiger partial charge in [-0.3, -0.25) is 14.4 Å². The largest absolute Gasteiger partial charge is 0.462 e. The molecule has 0 aromatic rings. The smallest absolute Gasteiger partial charge is 0.306 e. The minimum atomic E-state index is -0.798. The van der Waals surface area contributed by atoms with E-state index in [4.69, 9.17) is 14.2 Å². The highest BCUT2D eigenvalue weighted by Gasteiger charge is 2.19. The predicted octanol–water partition coefficient (Wildman–Crippen LogP) is 14.9. The Balaban J connectivity index is 4.46. The Labute approximate surface area is 350 Å². The topological polar surface area (TPSA) is 78.9 Å². The summed E-state index contributed by atoms with van der Waals surface area (Å²) in [5.41, 5.74) is 0. The van der Waals surface area contributed by atoms with Crippen molar-refractivity contribution in [3.8, 4) is 0 Å². The summed E-state index contributed by atoms with van der Waals surface area (Å²) in [5, 5.41) is 0. The van der Waals surface area contributed by atoms with Crippen molar-refractivity contribution in [2.45, 2.75) is 207 Å². The third-order valence-electron chi connectivity index (χ3n) is 9.55. The van der Waals surface area contributed by atoms with Crippen LogP contribution in [0, 0.1) is 0 Å². The molecule has 0 saturated heterocycles. The first kappa shape index (κ1) is 53.6. The maximum atomic E-state index is 12.7. The van der Waals surface area contributed by atoms with Gasteiger partial charge in [-0.2, -0.15) is 0 Å². The van der Waals surface area contributed by atoms with E-state index in [0.717, 1.165) is 77.0 Å². The Kier molecular flexibility index (Phi) is 42.6. The number of allylic oxidation sites excluding steroid dienone is 14. The highest BCUT2D eigenvalue weighted by molar-refractivity contribution is 5.71. The van der Waals surface area contributed by atoms with Crippen LogP contribution < -0.4 is 0 Å². The van der Waals surface area contributed by atoms with E-state index in [0.29, 0.717) is 19.3 Å². The number of hydrogen-bond acceptors (Lipinski definition) is 6. The van der Waals surface area contributed by atoms with Crippen LogP contribution in [0.15, 0.2) is 85.1 Å². The molecule has 6 heteroatoms. The van der Waals surface area contributed by atoms with E-state index in [1.807, 2.05) is 36.5 Å². The number of carbonyl (C=O) groups is 3. The number of rotatable bonds is 40. The summed E-state index contributed by atoms with van der Waals surface area (Å²) in [4.78, 5) is 37.8. The van der Waals surface area contributed by atoms with Crippen molar-refractivity contribution in [2.75, 3.05) is 13.2 Å². The summed E-state index contributed by atoms with van der Waals surface area (Å²) < 4.78 is 16.7. The van der Waals surface area contributed by atoms with Crippen molar-refractivity contribution >= 4 is 17.9 Å². The van der Waals surface area contributed by atoms with Gasteiger partial charge in [0.1, 0.15) is 13.2 Å². The third-order valence-corrected chi connectivity index (χ3v) is 9.55. The fourth-order valence-electron chi connectivity index (χ4n) is 6.10. The van der Waals surface area contributed by atoms with E-state index < -0.39 is 6.10 Å². The van der Waals surface area contributed by atoms with Crippen molar-refractivity contribution < 1.29 is 28.6 Å². The fourth-order valence-corrected chi connectivity index (χ4v) is 6.10. The zero-order valence-electron chi connectivity index (χ0n) is 36.8. The lowest BCUT2D eigenvalue weighted by Crippen LogP contribution is -2.30. The summed E-state index contributed by atoms with van der Waals surface area (Å²) in [7, 11) is 0. The second-order valence-corrected chi connectivity index (χ2v) is 15.1. The average molecular weight is 793 g/mol. The summed E-state index contributed by atoms with van der Waals surface area (Å²) >= 11 is 0. The van der Waals surface area contributed by atoms with Gasteiger partial charge in [0.25, 0.3) is 0 Å². The third kappa shape index (κ3) is 43.6. The van der Waals surface area contributed by atoms with Gasteiger partial charge in [-0.25, -0.2) is 0 Å². The van der Waals surface area contributed by atoms with Crippen LogP contribution >= 0.6 is 0 Å². The molecule has 0 fully saturated rings. The van der Waals surface area contributed by atoms with Gasteiger partial charge in [-0.1, -0.05) is 209 Å². The minimum Gasteiger partial charge on any atom is -0.462 e. The van der Waals surface area contributed by atoms with Crippen molar-refractivity contribution in [1.29, 1.82) is 0 Å². The molecule has 0 aromatic carbocycles. The first-order chi connectivity index (χ1) is 28.0. The molecule has 1 atom stereocenters. The zero-order chi connectivity index (χ0) is 41.5. The first-order valence-electron chi connectivity index (χ1n) is 23.2. The summed E-state index contributed by atoms with van der Waals surface area (Å²) in [6.07, 6.45) is 57.0. The van der Waals surface area contributed by atoms with Crippen molar-refractivity contribution in [3.63, 3.8) is 0 Å². The number of esters is 3. The summed E-state index contributed by atoms with van der Waals surface area (Å²) in [5.74, 6) is -0.955. The van der Waals surface area contributed by atoms with Gasteiger partial charge in [0.05, 0.1) is 0 Å². The second-order valence-electron chi connectivity index (χ2n) is 15.1. The molecule has 0 N–H and O–H groups in total. The molecule has 0 aliphatic carbocycles. The highest BCUT2D eigenvalue weighted by atomic mass is 16.6. The van der Waals surface area contributed by atoms with Crippen LogP contribution in [-0.4, -0.2) is 37.2 Å². The molecule has 0 rings (SSSR count). The van der Waals surface area contributed by atoms with E-state index >= 15 is 0 Å². The van der Waals surface area contributed by atoms with E-state index in [1.54, 1.807) is 0 Å². The van der Waals surface area contributed by atoms with E-state index in [-0.39, 0.29) is 37.5 Å². The molecule has 57 heavy (non-hydrogen) atoms. The van der Waals surface area contributed by atoms with Gasteiger partial charge < -0.3 is 14.2 Å². The minimum absolute atomic E-state index is 0.0962. The van der Waals surface area contributed by atoms with E-state index in [2.05, 4.69) is 69.4 Å². The Bertz CT molecular complexity index is 1140. The molecular weight excluding hydrogens is 709 g/mol. The Morgan fingerprint density at radius 1 is 0.368 bits per heavy atom. The molecule has 0 bridgehead atoms. The molecule has 0 heterocycles. The molecule has 0 spiro atoms. The molecule has 0 aromatic heterocycles. The second kappa shape index (κ2) is 45.3. The van der Waals surface area contributed by atoms with E-state index in [1.165, 1.54) is 77.0 Å². The number of hydrogen-bond donors (Lipinski definition) is 0. The van der Waals surface area contributed by atoms with Gasteiger partial charge in [0.2, 0.25) is 0 Å². The fraction of sp³-hybridized carbons (Fsp3) is 0.667. The Morgan fingerprint density at radius 2 is 0.684 bits per heavy atom. The van der Waals surface area contributed by atoms with Gasteiger partial charge in [-0.15, -0.1) is 0 Å². The van der Waals surface area contributed by atoms with Gasteiger partial charge in [0, 0.05) is 19.3 Å². The normalized spacial score (nSPS) is 12.8. The molecule has 1 unspecified atom stereocenters. The molecule has 0 radical (unpaired) electrons. The number of ether oxygens (including phenoxy) is 3. The van der Waals surface area contributed by atoms with Crippen molar-refractivity contribution in [1.82, 2.24) is 0 Å². The maximum Gasteiger partial charge on any atom is 0.306 e. The van der Waals surface area contributed by atoms with Gasteiger partial charge in [0.15, 0.2) is 6.10 Å². The maximum absolute atomic E-state index is 12.7. The SMILES string of the molecule is CC\C=C/C=C\C=C/C=C\CCCCCC(=O)OC(COC(=O)CCCCCCCCC\C=C/C=C\C=C/CC)COC(=O)CCCCCCCCCCCCC. The quantitative estimate of drug-likeness (QED) is 0.0266. The lowest BCUT2D eigenvalue weighted by molar-refractivity contribution is -0.167. The van der Waals surface area contributed by atoms with Crippen LogP contribution in [-0.2, 0) is 28.6 Å². The van der Waals surface area contributed by atoms with Crippen LogP contribution in [0.25, 0.3) is 0 Å².